The van der Waals surface area contributed by atoms with Crippen LogP contribution in [0.2, 0.25) is 0 Å². The highest BCUT2D eigenvalue weighted by molar-refractivity contribution is 7.99. The average molecular weight is 377 g/mol. The van der Waals surface area contributed by atoms with Gasteiger partial charge in [-0.15, -0.1) is 10.2 Å². The Balaban J connectivity index is 1.34. The Kier molecular flexibility index (Phi) is 5.31. The van der Waals surface area contributed by atoms with Gasteiger partial charge in [0.2, 0.25) is 5.91 Å². The topological polar surface area (TPSA) is 59.8 Å². The average Bonchev–Trinajstić information content (AvgIpc) is 2.98. The van der Waals surface area contributed by atoms with Gasteiger partial charge in [0, 0.05) is 18.5 Å². The maximum absolute atomic E-state index is 12.7. The highest BCUT2D eigenvalue weighted by Gasteiger charge is 2.51. The van der Waals surface area contributed by atoms with Crippen LogP contribution in [0.1, 0.15) is 71.0 Å². The number of unbranched alkanes of at least 4 members (excludes halogenated alkanes) is 1. The quantitative estimate of drug-likeness (QED) is 0.701. The number of hydrogen-bond acceptors (Lipinski definition) is 4. The smallest absolute Gasteiger partial charge is 0.230 e. The maximum atomic E-state index is 12.7. The summed E-state index contributed by atoms with van der Waals surface area (Å²) in [7, 11) is 0. The first-order chi connectivity index (χ1) is 12.6. The standard InChI is InChI=1S/C20H32N4OS/c1-3-5-6-17-22-23-19(24(17)4-2)26-13-18(25)21-20-10-14-7-15(11-20)9-16(8-14)12-20/h14-16H,3-13H2,1-2H3,(H,21,25). The van der Waals surface area contributed by atoms with Gasteiger partial charge in [-0.1, -0.05) is 25.1 Å². The Labute approximate surface area is 161 Å². The molecule has 1 aromatic rings. The summed E-state index contributed by atoms with van der Waals surface area (Å²) in [5, 5.41) is 13.0. The first kappa shape index (κ1) is 18.3. The summed E-state index contributed by atoms with van der Waals surface area (Å²) in [6, 6.07) is 0. The van der Waals surface area contributed by atoms with Gasteiger partial charge in [-0.05, 0) is 69.6 Å². The number of aromatic nitrogens is 3. The maximum Gasteiger partial charge on any atom is 0.230 e. The second-order valence-corrected chi connectivity index (χ2v) is 9.72. The number of thioether (sulfide) groups is 1. The van der Waals surface area contributed by atoms with Crippen molar-refractivity contribution in [3.8, 4) is 0 Å². The third kappa shape index (κ3) is 3.67. The zero-order valence-corrected chi connectivity index (χ0v) is 17.0. The van der Waals surface area contributed by atoms with E-state index in [4.69, 9.17) is 0 Å². The van der Waals surface area contributed by atoms with Crippen LogP contribution in [-0.2, 0) is 17.8 Å². The minimum absolute atomic E-state index is 0.108. The summed E-state index contributed by atoms with van der Waals surface area (Å²) < 4.78 is 2.17. The van der Waals surface area contributed by atoms with Crippen LogP contribution >= 0.6 is 11.8 Å². The van der Waals surface area contributed by atoms with Crippen LogP contribution in [0.15, 0.2) is 5.16 Å². The van der Waals surface area contributed by atoms with Crippen LogP contribution in [0.4, 0.5) is 0 Å². The van der Waals surface area contributed by atoms with Gasteiger partial charge in [-0.2, -0.15) is 0 Å². The van der Waals surface area contributed by atoms with Gasteiger partial charge in [0.25, 0.3) is 0 Å². The van der Waals surface area contributed by atoms with E-state index in [1.165, 1.54) is 50.3 Å². The van der Waals surface area contributed by atoms with E-state index in [0.29, 0.717) is 5.75 Å². The van der Waals surface area contributed by atoms with Crippen molar-refractivity contribution in [3.05, 3.63) is 5.82 Å². The van der Waals surface area contributed by atoms with Gasteiger partial charge >= 0.3 is 0 Å². The van der Waals surface area contributed by atoms with Crippen LogP contribution in [-0.4, -0.2) is 32.0 Å². The fraction of sp³-hybridized carbons (Fsp3) is 0.850. The number of aryl methyl sites for hydroxylation is 1. The molecule has 0 spiro atoms. The van der Waals surface area contributed by atoms with Crippen molar-refractivity contribution in [2.24, 2.45) is 17.8 Å². The minimum Gasteiger partial charge on any atom is -0.350 e. The van der Waals surface area contributed by atoms with Crippen molar-refractivity contribution in [1.29, 1.82) is 0 Å². The van der Waals surface area contributed by atoms with E-state index in [1.807, 2.05) is 0 Å². The lowest BCUT2D eigenvalue weighted by Crippen LogP contribution is -2.60. The molecule has 0 radical (unpaired) electrons. The molecule has 26 heavy (non-hydrogen) atoms. The largest absolute Gasteiger partial charge is 0.350 e. The molecule has 0 unspecified atom stereocenters. The second-order valence-electron chi connectivity index (χ2n) is 8.78. The van der Waals surface area contributed by atoms with E-state index in [1.54, 1.807) is 0 Å². The van der Waals surface area contributed by atoms with Crippen LogP contribution in [0.5, 0.6) is 0 Å². The zero-order chi connectivity index (χ0) is 18.1. The lowest BCUT2D eigenvalue weighted by Gasteiger charge is -2.56. The van der Waals surface area contributed by atoms with Crippen LogP contribution < -0.4 is 5.32 Å². The number of rotatable bonds is 8. The molecule has 0 aliphatic heterocycles. The SMILES string of the molecule is CCCCc1nnc(SCC(=O)NC23CC4CC(CC(C4)C2)C3)n1CC. The van der Waals surface area contributed by atoms with Gasteiger partial charge in [0.1, 0.15) is 5.82 Å². The summed E-state index contributed by atoms with van der Waals surface area (Å²) >= 11 is 1.54. The van der Waals surface area contributed by atoms with Gasteiger partial charge in [0.05, 0.1) is 5.75 Å². The molecule has 5 nitrogen and oxygen atoms in total. The number of hydrogen-bond donors (Lipinski definition) is 1. The van der Waals surface area contributed by atoms with Crippen LogP contribution in [0, 0.1) is 17.8 Å². The Bertz CT molecular complexity index is 621. The van der Waals surface area contributed by atoms with Crippen molar-refractivity contribution in [3.63, 3.8) is 0 Å². The number of amides is 1. The highest BCUT2D eigenvalue weighted by Crippen LogP contribution is 2.55. The first-order valence-electron chi connectivity index (χ1n) is 10.5. The fourth-order valence-electron chi connectivity index (χ4n) is 5.99. The molecule has 5 rings (SSSR count). The van der Waals surface area contributed by atoms with Crippen molar-refractivity contribution < 1.29 is 4.79 Å². The number of nitrogens with one attached hydrogen (secondary N) is 1. The van der Waals surface area contributed by atoms with E-state index in [0.717, 1.165) is 54.5 Å². The molecule has 1 aromatic heterocycles. The normalized spacial score (nSPS) is 32.2. The summed E-state index contributed by atoms with van der Waals surface area (Å²) in [6.07, 6.45) is 11.1. The predicted octanol–water partition coefficient (Wildman–Crippen LogP) is 3.82. The van der Waals surface area contributed by atoms with Crippen molar-refractivity contribution in [2.45, 2.75) is 88.9 Å². The third-order valence-electron chi connectivity index (χ3n) is 6.64. The van der Waals surface area contributed by atoms with Crippen molar-refractivity contribution in [2.75, 3.05) is 5.75 Å². The van der Waals surface area contributed by atoms with E-state index < -0.39 is 0 Å². The highest BCUT2D eigenvalue weighted by atomic mass is 32.2. The number of carbonyl (C=O) groups excluding carboxylic acids is 1. The van der Waals surface area contributed by atoms with Crippen LogP contribution in [0.25, 0.3) is 0 Å². The molecule has 0 atom stereocenters. The fourth-order valence-corrected chi connectivity index (χ4v) is 6.81. The predicted molar refractivity (Wildman–Crippen MR) is 104 cm³/mol. The van der Waals surface area contributed by atoms with Crippen LogP contribution in [0.3, 0.4) is 0 Å². The molecule has 0 saturated heterocycles. The number of carbonyl (C=O) groups is 1. The van der Waals surface area contributed by atoms with E-state index in [9.17, 15) is 4.79 Å². The van der Waals surface area contributed by atoms with Gasteiger partial charge in [-0.3, -0.25) is 4.79 Å². The molecule has 4 fully saturated rings. The van der Waals surface area contributed by atoms with Crippen molar-refractivity contribution in [1.82, 2.24) is 20.1 Å². The lowest BCUT2D eigenvalue weighted by molar-refractivity contribution is -0.124. The molecule has 0 aromatic carbocycles. The first-order valence-corrected chi connectivity index (χ1v) is 11.4. The molecule has 1 heterocycles. The second kappa shape index (κ2) is 7.53. The lowest BCUT2D eigenvalue weighted by atomic mass is 9.53. The third-order valence-corrected chi connectivity index (χ3v) is 7.61. The van der Waals surface area contributed by atoms with Crippen molar-refractivity contribution >= 4 is 17.7 Å². The molecule has 144 valence electrons. The number of nitrogens with zero attached hydrogens (tertiary/aromatic N) is 3. The molecular formula is C20H32N4OS. The Morgan fingerprint density at radius 1 is 1.15 bits per heavy atom. The summed E-state index contributed by atoms with van der Waals surface area (Å²) in [5.41, 5.74) is 0.108. The Morgan fingerprint density at radius 3 is 2.38 bits per heavy atom. The Hall–Kier alpha value is -1.04. The molecular weight excluding hydrogens is 344 g/mol. The monoisotopic (exact) mass is 376 g/mol. The molecule has 4 bridgehead atoms. The molecule has 4 aliphatic rings. The molecule has 4 aliphatic carbocycles. The van der Waals surface area contributed by atoms with Gasteiger partial charge < -0.3 is 9.88 Å². The van der Waals surface area contributed by atoms with E-state index in [-0.39, 0.29) is 11.4 Å². The summed E-state index contributed by atoms with van der Waals surface area (Å²) in [4.78, 5) is 12.7. The van der Waals surface area contributed by atoms with Gasteiger partial charge in [0.15, 0.2) is 5.16 Å². The molecule has 1 N–H and O–H groups in total. The van der Waals surface area contributed by atoms with E-state index in [2.05, 4.69) is 33.9 Å². The minimum atomic E-state index is 0.108. The summed E-state index contributed by atoms with van der Waals surface area (Å²) in [5.74, 6) is 4.26. The van der Waals surface area contributed by atoms with E-state index >= 15 is 0 Å². The van der Waals surface area contributed by atoms with Gasteiger partial charge in [-0.25, -0.2) is 0 Å². The molecule has 1 amide bonds. The molecule has 4 saturated carbocycles. The molecule has 6 heteroatoms. The summed E-state index contributed by atoms with van der Waals surface area (Å²) in [6.45, 7) is 5.18. The Morgan fingerprint density at radius 2 is 1.81 bits per heavy atom. The zero-order valence-electron chi connectivity index (χ0n) is 16.2.